The summed E-state index contributed by atoms with van der Waals surface area (Å²) < 4.78 is 0. The minimum atomic E-state index is 0.0179. The second-order valence-electron chi connectivity index (χ2n) is 3.51. The van der Waals surface area contributed by atoms with Gasteiger partial charge in [-0.15, -0.1) is 0 Å². The first-order valence-corrected chi connectivity index (χ1v) is 5.29. The summed E-state index contributed by atoms with van der Waals surface area (Å²) in [5.41, 5.74) is 1.20. The Morgan fingerprint density at radius 3 is 2.73 bits per heavy atom. The van der Waals surface area contributed by atoms with Crippen LogP contribution in [0.5, 0.6) is 0 Å². The fraction of sp³-hybridized carbons (Fsp3) is 0.273. The number of carbonyl (C=O) groups excluding carboxylic acids is 1. The van der Waals surface area contributed by atoms with Crippen LogP contribution in [0.4, 0.5) is 0 Å². The summed E-state index contributed by atoms with van der Waals surface area (Å²) >= 11 is 5.10. The van der Waals surface area contributed by atoms with E-state index < -0.39 is 0 Å². The Bertz CT molecular complexity index is 377. The summed E-state index contributed by atoms with van der Waals surface area (Å²) in [4.78, 5) is 13.1. The van der Waals surface area contributed by atoms with Crippen molar-refractivity contribution in [2.45, 2.75) is 13.0 Å². The van der Waals surface area contributed by atoms with Gasteiger partial charge < -0.3 is 10.2 Å². The molecule has 0 unspecified atom stereocenters. The predicted molar refractivity (Wildman–Crippen MR) is 62.2 cm³/mol. The molecule has 2 rings (SSSR count). The number of carbonyl (C=O) groups is 1. The molecule has 15 heavy (non-hydrogen) atoms. The van der Waals surface area contributed by atoms with Gasteiger partial charge in [0.1, 0.15) is 0 Å². The van der Waals surface area contributed by atoms with Crippen LogP contribution >= 0.6 is 12.2 Å². The molecular weight excluding hydrogens is 208 g/mol. The Kier molecular flexibility index (Phi) is 2.97. The molecule has 0 spiro atoms. The van der Waals surface area contributed by atoms with Crippen molar-refractivity contribution in [1.82, 2.24) is 10.2 Å². The van der Waals surface area contributed by atoms with E-state index in [9.17, 15) is 4.79 Å². The van der Waals surface area contributed by atoms with Gasteiger partial charge in [-0.25, -0.2) is 0 Å². The summed E-state index contributed by atoms with van der Waals surface area (Å²) in [6, 6.07) is 10.1. The van der Waals surface area contributed by atoms with Crippen molar-refractivity contribution >= 4 is 23.2 Å². The van der Waals surface area contributed by atoms with E-state index in [0.717, 1.165) is 6.54 Å². The van der Waals surface area contributed by atoms with Crippen LogP contribution in [0.2, 0.25) is 0 Å². The Morgan fingerprint density at radius 1 is 1.33 bits per heavy atom. The molecule has 4 heteroatoms. The summed E-state index contributed by atoms with van der Waals surface area (Å²) in [6.45, 7) is 1.47. The van der Waals surface area contributed by atoms with E-state index in [0.29, 0.717) is 18.1 Å². The van der Waals surface area contributed by atoms with Gasteiger partial charge >= 0.3 is 0 Å². The van der Waals surface area contributed by atoms with E-state index in [1.165, 1.54) is 5.56 Å². The fourth-order valence-corrected chi connectivity index (χ4v) is 1.82. The van der Waals surface area contributed by atoms with Crippen molar-refractivity contribution in [3.05, 3.63) is 35.9 Å². The largest absolute Gasteiger partial charge is 0.344 e. The van der Waals surface area contributed by atoms with Crippen LogP contribution in [-0.2, 0) is 11.3 Å². The third-order valence-corrected chi connectivity index (χ3v) is 2.72. The molecule has 1 aliphatic rings. The third kappa shape index (κ3) is 2.53. The van der Waals surface area contributed by atoms with E-state index in [1.807, 2.05) is 23.1 Å². The quantitative estimate of drug-likeness (QED) is 0.762. The topological polar surface area (TPSA) is 32.3 Å². The number of nitrogens with zero attached hydrogens (tertiary/aromatic N) is 1. The summed E-state index contributed by atoms with van der Waals surface area (Å²) in [5, 5.41) is 3.21. The van der Waals surface area contributed by atoms with E-state index in [1.54, 1.807) is 0 Å². The smallest absolute Gasteiger partial charge is 0.227 e. The van der Waals surface area contributed by atoms with E-state index >= 15 is 0 Å². The maximum atomic E-state index is 11.0. The first-order chi connectivity index (χ1) is 7.25. The Labute approximate surface area is 94.1 Å². The van der Waals surface area contributed by atoms with Gasteiger partial charge in [0.05, 0.1) is 0 Å². The molecule has 0 atom stereocenters. The van der Waals surface area contributed by atoms with Crippen LogP contribution in [0.3, 0.4) is 0 Å². The molecular formula is C11H12N2OS. The van der Waals surface area contributed by atoms with Gasteiger partial charge in [0, 0.05) is 19.5 Å². The van der Waals surface area contributed by atoms with Crippen molar-refractivity contribution in [2.24, 2.45) is 0 Å². The number of hydrogen-bond donors (Lipinski definition) is 1. The predicted octanol–water partition coefficient (Wildman–Crippen LogP) is 1.29. The zero-order chi connectivity index (χ0) is 10.7. The first-order valence-electron chi connectivity index (χ1n) is 4.88. The Morgan fingerprint density at radius 2 is 2.07 bits per heavy atom. The van der Waals surface area contributed by atoms with Crippen molar-refractivity contribution in [1.29, 1.82) is 0 Å². The van der Waals surface area contributed by atoms with E-state index in [-0.39, 0.29) is 5.91 Å². The zero-order valence-corrected chi connectivity index (χ0v) is 9.09. The Hall–Kier alpha value is -1.42. The molecule has 1 fully saturated rings. The average Bonchev–Trinajstić information content (AvgIpc) is 2.24. The average molecular weight is 220 g/mol. The maximum absolute atomic E-state index is 11.0. The molecule has 1 heterocycles. The van der Waals surface area contributed by atoms with Crippen LogP contribution in [0.1, 0.15) is 12.0 Å². The van der Waals surface area contributed by atoms with Crippen LogP contribution in [0, 0.1) is 0 Å². The lowest BCUT2D eigenvalue weighted by Gasteiger charge is -2.29. The second kappa shape index (κ2) is 4.40. The van der Waals surface area contributed by atoms with Gasteiger partial charge in [-0.1, -0.05) is 30.3 Å². The highest BCUT2D eigenvalue weighted by Crippen LogP contribution is 2.08. The minimum absolute atomic E-state index is 0.0179. The number of nitrogens with one attached hydrogen (secondary N) is 1. The molecule has 3 nitrogen and oxygen atoms in total. The lowest BCUT2D eigenvalue weighted by molar-refractivity contribution is -0.120. The second-order valence-corrected chi connectivity index (χ2v) is 3.90. The van der Waals surface area contributed by atoms with Crippen molar-refractivity contribution in [2.75, 3.05) is 6.54 Å². The summed E-state index contributed by atoms with van der Waals surface area (Å²) in [5.74, 6) is 0.0179. The molecule has 1 aromatic rings. The molecule has 0 bridgehead atoms. The van der Waals surface area contributed by atoms with Crippen LogP contribution in [-0.4, -0.2) is 22.5 Å². The normalized spacial score (nSPS) is 16.4. The first kappa shape index (κ1) is 10.1. The fourth-order valence-electron chi connectivity index (χ4n) is 1.55. The SMILES string of the molecule is O=C1CCN(Cc2ccccc2)C(=S)N1. The summed E-state index contributed by atoms with van der Waals surface area (Å²) in [7, 11) is 0. The van der Waals surface area contributed by atoms with Gasteiger partial charge in [0.2, 0.25) is 5.91 Å². The van der Waals surface area contributed by atoms with Gasteiger partial charge in [-0.05, 0) is 17.8 Å². The van der Waals surface area contributed by atoms with E-state index in [2.05, 4.69) is 17.4 Å². The molecule has 0 radical (unpaired) electrons. The summed E-state index contributed by atoms with van der Waals surface area (Å²) in [6.07, 6.45) is 0.521. The van der Waals surface area contributed by atoms with Gasteiger partial charge in [-0.2, -0.15) is 0 Å². The van der Waals surface area contributed by atoms with Crippen LogP contribution in [0.25, 0.3) is 0 Å². The molecule has 0 aromatic heterocycles. The molecule has 0 aliphatic carbocycles. The van der Waals surface area contributed by atoms with Crippen LogP contribution < -0.4 is 5.32 Å². The lowest BCUT2D eigenvalue weighted by atomic mass is 10.2. The molecule has 1 amide bonds. The van der Waals surface area contributed by atoms with Crippen LogP contribution in [0.15, 0.2) is 30.3 Å². The van der Waals surface area contributed by atoms with Crippen molar-refractivity contribution in [3.8, 4) is 0 Å². The van der Waals surface area contributed by atoms with Gasteiger partial charge in [0.15, 0.2) is 5.11 Å². The molecule has 0 saturated carbocycles. The lowest BCUT2D eigenvalue weighted by Crippen LogP contribution is -2.48. The zero-order valence-electron chi connectivity index (χ0n) is 8.27. The third-order valence-electron chi connectivity index (χ3n) is 2.36. The Balaban J connectivity index is 2.01. The van der Waals surface area contributed by atoms with Gasteiger partial charge in [-0.3, -0.25) is 4.79 Å². The van der Waals surface area contributed by atoms with Crippen molar-refractivity contribution < 1.29 is 4.79 Å². The monoisotopic (exact) mass is 220 g/mol. The maximum Gasteiger partial charge on any atom is 0.227 e. The van der Waals surface area contributed by atoms with Crippen molar-refractivity contribution in [3.63, 3.8) is 0 Å². The molecule has 1 saturated heterocycles. The van der Waals surface area contributed by atoms with Gasteiger partial charge in [0.25, 0.3) is 0 Å². The number of benzene rings is 1. The molecule has 78 valence electrons. The highest BCUT2D eigenvalue weighted by atomic mass is 32.1. The molecule has 1 aliphatic heterocycles. The standard InChI is InChI=1S/C11H12N2OS/c14-10-6-7-13(11(15)12-10)8-9-4-2-1-3-5-9/h1-5H,6-8H2,(H,12,14,15). The number of rotatable bonds is 2. The molecule has 1 aromatic carbocycles. The highest BCUT2D eigenvalue weighted by Gasteiger charge is 2.19. The number of amides is 1. The number of hydrogen-bond acceptors (Lipinski definition) is 2. The highest BCUT2D eigenvalue weighted by molar-refractivity contribution is 7.80. The number of thiocarbonyl (C=S) groups is 1. The minimum Gasteiger partial charge on any atom is -0.344 e. The molecule has 1 N–H and O–H groups in total. The van der Waals surface area contributed by atoms with E-state index in [4.69, 9.17) is 12.2 Å².